The topological polar surface area (TPSA) is 67.2 Å². The normalized spacial score (nSPS) is 20.5. The summed E-state index contributed by atoms with van der Waals surface area (Å²) >= 11 is 0. The maximum Gasteiger partial charge on any atom is 0.230 e. The number of rotatable bonds is 4. The molecule has 1 aromatic carbocycles. The van der Waals surface area contributed by atoms with Crippen molar-refractivity contribution >= 4 is 17.5 Å². The summed E-state index contributed by atoms with van der Waals surface area (Å²) < 4.78 is 14.9. The Bertz CT molecular complexity index is 756. The number of carbonyl (C=O) groups is 2. The van der Waals surface area contributed by atoms with Gasteiger partial charge in [-0.3, -0.25) is 14.3 Å². The monoisotopic (exact) mass is 330 g/mol. The fraction of sp³-hybridized carbons (Fsp3) is 0.353. The van der Waals surface area contributed by atoms with Crippen LogP contribution in [0.25, 0.3) is 0 Å². The molecule has 0 radical (unpaired) electrons. The zero-order chi connectivity index (χ0) is 17.3. The lowest BCUT2D eigenvalue weighted by Gasteiger charge is -2.24. The molecule has 2 heterocycles. The molecule has 0 unspecified atom stereocenters. The molecule has 1 saturated heterocycles. The third kappa shape index (κ3) is 3.02. The molecule has 2 amide bonds. The van der Waals surface area contributed by atoms with Crippen LogP contribution in [0.1, 0.15) is 24.9 Å². The molecule has 1 aliphatic heterocycles. The Morgan fingerprint density at radius 2 is 2.08 bits per heavy atom. The summed E-state index contributed by atoms with van der Waals surface area (Å²) in [5.41, 5.74) is 1.34. The van der Waals surface area contributed by atoms with Crippen LogP contribution in [0.3, 0.4) is 0 Å². The van der Waals surface area contributed by atoms with E-state index in [4.69, 9.17) is 0 Å². The smallest absolute Gasteiger partial charge is 0.230 e. The lowest BCUT2D eigenvalue weighted by Crippen LogP contribution is -2.29. The van der Waals surface area contributed by atoms with E-state index >= 15 is 0 Å². The first-order valence-corrected chi connectivity index (χ1v) is 7.84. The molecular weight excluding hydrogens is 311 g/mol. The van der Waals surface area contributed by atoms with E-state index in [0.717, 1.165) is 5.56 Å². The van der Waals surface area contributed by atoms with E-state index in [1.807, 2.05) is 6.92 Å². The SMILES string of the molecule is CCn1cc(NC(=O)[C@@H]2CC(=O)N(C)[C@@H]2c2ccc(F)cc2)cn1. The zero-order valence-corrected chi connectivity index (χ0v) is 13.6. The molecule has 0 saturated carbocycles. The highest BCUT2D eigenvalue weighted by Crippen LogP contribution is 2.37. The number of likely N-dealkylation sites (tertiary alicyclic amines) is 1. The van der Waals surface area contributed by atoms with Crippen LogP contribution in [0.5, 0.6) is 0 Å². The van der Waals surface area contributed by atoms with E-state index in [2.05, 4.69) is 10.4 Å². The minimum absolute atomic E-state index is 0.103. The van der Waals surface area contributed by atoms with Gasteiger partial charge in [-0.25, -0.2) is 4.39 Å². The average Bonchev–Trinajstić information content (AvgIpc) is 3.14. The maximum absolute atomic E-state index is 13.2. The molecule has 1 N–H and O–H groups in total. The van der Waals surface area contributed by atoms with Crippen molar-refractivity contribution in [1.29, 1.82) is 0 Å². The third-order valence-corrected chi connectivity index (χ3v) is 4.36. The second-order valence-electron chi connectivity index (χ2n) is 5.89. The van der Waals surface area contributed by atoms with Crippen LogP contribution in [0.4, 0.5) is 10.1 Å². The molecule has 1 fully saturated rings. The van der Waals surface area contributed by atoms with Crippen LogP contribution in [-0.4, -0.2) is 33.5 Å². The quantitative estimate of drug-likeness (QED) is 0.934. The van der Waals surface area contributed by atoms with Crippen molar-refractivity contribution < 1.29 is 14.0 Å². The lowest BCUT2D eigenvalue weighted by molar-refractivity contribution is -0.127. The van der Waals surface area contributed by atoms with E-state index in [1.165, 1.54) is 12.1 Å². The number of aromatic nitrogens is 2. The standard InChI is InChI=1S/C17H19FN4O2/c1-3-22-10-13(9-19-22)20-17(24)14-8-15(23)21(2)16(14)11-4-6-12(18)7-5-11/h4-7,9-10,14,16H,3,8H2,1-2H3,(H,20,24)/t14-,16-/m1/s1. The van der Waals surface area contributed by atoms with Crippen molar-refractivity contribution in [1.82, 2.24) is 14.7 Å². The second-order valence-corrected chi connectivity index (χ2v) is 5.89. The molecule has 6 nitrogen and oxygen atoms in total. The molecule has 126 valence electrons. The van der Waals surface area contributed by atoms with Crippen LogP contribution in [-0.2, 0) is 16.1 Å². The van der Waals surface area contributed by atoms with E-state index in [0.29, 0.717) is 12.2 Å². The van der Waals surface area contributed by atoms with Crippen LogP contribution in [0, 0.1) is 11.7 Å². The van der Waals surface area contributed by atoms with Crippen molar-refractivity contribution in [3.63, 3.8) is 0 Å². The fourth-order valence-corrected chi connectivity index (χ4v) is 3.06. The van der Waals surface area contributed by atoms with Crippen molar-refractivity contribution in [2.45, 2.75) is 25.9 Å². The van der Waals surface area contributed by atoms with Crippen molar-refractivity contribution in [3.05, 3.63) is 48.0 Å². The highest BCUT2D eigenvalue weighted by atomic mass is 19.1. The molecule has 2 aromatic rings. The summed E-state index contributed by atoms with van der Waals surface area (Å²) in [7, 11) is 1.67. The predicted octanol–water partition coefficient (Wildman–Crippen LogP) is 2.20. The third-order valence-electron chi connectivity index (χ3n) is 4.36. The van der Waals surface area contributed by atoms with Crippen LogP contribution < -0.4 is 5.32 Å². The Labute approximate surface area is 139 Å². The first-order chi connectivity index (χ1) is 11.5. The van der Waals surface area contributed by atoms with E-state index in [1.54, 1.807) is 41.2 Å². The minimum Gasteiger partial charge on any atom is -0.338 e. The highest BCUT2D eigenvalue weighted by molar-refractivity contribution is 5.97. The Kier molecular flexibility index (Phi) is 4.33. The van der Waals surface area contributed by atoms with Gasteiger partial charge in [-0.15, -0.1) is 0 Å². The van der Waals surface area contributed by atoms with Gasteiger partial charge in [-0.2, -0.15) is 5.10 Å². The largest absolute Gasteiger partial charge is 0.338 e. The molecule has 1 aliphatic rings. The summed E-state index contributed by atoms with van der Waals surface area (Å²) in [6.07, 6.45) is 3.45. The predicted molar refractivity (Wildman–Crippen MR) is 86.5 cm³/mol. The number of hydrogen-bond donors (Lipinski definition) is 1. The van der Waals surface area contributed by atoms with Crippen molar-refractivity contribution in [2.75, 3.05) is 12.4 Å². The number of nitrogens with one attached hydrogen (secondary N) is 1. The summed E-state index contributed by atoms with van der Waals surface area (Å²) in [5.74, 6) is -1.22. The van der Waals surface area contributed by atoms with Gasteiger partial charge >= 0.3 is 0 Å². The Hall–Kier alpha value is -2.70. The van der Waals surface area contributed by atoms with E-state index < -0.39 is 12.0 Å². The maximum atomic E-state index is 13.2. The fourth-order valence-electron chi connectivity index (χ4n) is 3.06. The number of nitrogens with zero attached hydrogens (tertiary/aromatic N) is 3. The summed E-state index contributed by atoms with van der Waals surface area (Å²) in [6, 6.07) is 5.51. The van der Waals surface area contributed by atoms with Gasteiger partial charge in [-0.05, 0) is 24.6 Å². The van der Waals surface area contributed by atoms with E-state index in [-0.39, 0.29) is 24.1 Å². The number of carbonyl (C=O) groups excluding carboxylic acids is 2. The Morgan fingerprint density at radius 1 is 1.38 bits per heavy atom. The van der Waals surface area contributed by atoms with Crippen molar-refractivity contribution in [2.24, 2.45) is 5.92 Å². The van der Waals surface area contributed by atoms with E-state index in [9.17, 15) is 14.0 Å². The first kappa shape index (κ1) is 16.2. The van der Waals surface area contributed by atoms with Gasteiger partial charge in [-0.1, -0.05) is 12.1 Å². The van der Waals surface area contributed by atoms with Crippen LogP contribution in [0.2, 0.25) is 0 Å². The van der Waals surface area contributed by atoms with Gasteiger partial charge in [0.25, 0.3) is 0 Å². The molecule has 7 heteroatoms. The minimum atomic E-state index is -0.530. The molecule has 1 aromatic heterocycles. The molecule has 2 atom stereocenters. The number of halogens is 1. The zero-order valence-electron chi connectivity index (χ0n) is 13.6. The average molecular weight is 330 g/mol. The van der Waals surface area contributed by atoms with Gasteiger partial charge in [0.2, 0.25) is 11.8 Å². The van der Waals surface area contributed by atoms with Gasteiger partial charge in [0.1, 0.15) is 5.82 Å². The number of amides is 2. The number of hydrogen-bond acceptors (Lipinski definition) is 3. The van der Waals surface area contributed by atoms with Gasteiger partial charge < -0.3 is 10.2 Å². The van der Waals surface area contributed by atoms with Gasteiger partial charge in [0.15, 0.2) is 0 Å². The Morgan fingerprint density at radius 3 is 2.71 bits per heavy atom. The van der Waals surface area contributed by atoms with Gasteiger partial charge in [0.05, 0.1) is 23.8 Å². The number of aryl methyl sites for hydroxylation is 1. The lowest BCUT2D eigenvalue weighted by atomic mass is 9.93. The molecule has 3 rings (SSSR count). The molecule has 0 bridgehead atoms. The molecule has 0 spiro atoms. The highest BCUT2D eigenvalue weighted by Gasteiger charge is 2.42. The van der Waals surface area contributed by atoms with Gasteiger partial charge in [0, 0.05) is 26.2 Å². The van der Waals surface area contributed by atoms with Crippen LogP contribution in [0.15, 0.2) is 36.7 Å². The first-order valence-electron chi connectivity index (χ1n) is 7.84. The summed E-state index contributed by atoms with van der Waals surface area (Å²) in [5, 5.41) is 6.93. The number of benzene rings is 1. The molecule has 24 heavy (non-hydrogen) atoms. The number of anilines is 1. The summed E-state index contributed by atoms with van der Waals surface area (Å²) in [6.45, 7) is 2.66. The summed E-state index contributed by atoms with van der Waals surface area (Å²) in [4.78, 5) is 26.3. The second kappa shape index (κ2) is 6.43. The Balaban J connectivity index is 1.82. The van der Waals surface area contributed by atoms with Crippen LogP contribution >= 0.6 is 0 Å². The molecule has 0 aliphatic carbocycles. The van der Waals surface area contributed by atoms with Crippen molar-refractivity contribution in [3.8, 4) is 0 Å². The molecular formula is C17H19FN4O2.